The fourth-order valence-electron chi connectivity index (χ4n) is 4.14. The van der Waals surface area contributed by atoms with Gasteiger partial charge < -0.3 is 29.2 Å². The van der Waals surface area contributed by atoms with Gasteiger partial charge in [0.2, 0.25) is 0 Å². The van der Waals surface area contributed by atoms with Crippen molar-refractivity contribution >= 4 is 23.0 Å². The summed E-state index contributed by atoms with van der Waals surface area (Å²) in [6, 6.07) is 5.50. The van der Waals surface area contributed by atoms with Crippen LogP contribution in [0.3, 0.4) is 0 Å². The van der Waals surface area contributed by atoms with Crippen LogP contribution in [0.15, 0.2) is 24.5 Å². The molecule has 1 spiro atoms. The minimum absolute atomic E-state index is 0.00213. The molecule has 0 saturated carbocycles. The Kier molecular flexibility index (Phi) is 5.92. The van der Waals surface area contributed by atoms with E-state index >= 15 is 0 Å². The van der Waals surface area contributed by atoms with Crippen LogP contribution < -0.4 is 0 Å². The van der Waals surface area contributed by atoms with Crippen LogP contribution in [0.5, 0.6) is 0 Å². The van der Waals surface area contributed by atoms with Gasteiger partial charge in [-0.05, 0) is 25.2 Å². The van der Waals surface area contributed by atoms with E-state index in [4.69, 9.17) is 9.47 Å². The maximum atomic E-state index is 12.9. The van der Waals surface area contributed by atoms with E-state index in [9.17, 15) is 9.59 Å². The summed E-state index contributed by atoms with van der Waals surface area (Å²) >= 11 is 0. The Hall–Kier alpha value is -2.65. The van der Waals surface area contributed by atoms with Gasteiger partial charge in [0, 0.05) is 58.2 Å². The largest absolute Gasteiger partial charge is 0.441 e. The number of aromatic nitrogens is 2. The van der Waals surface area contributed by atoms with Gasteiger partial charge in [-0.2, -0.15) is 0 Å². The first kappa shape index (κ1) is 20.6. The number of carbonyl (C=O) groups is 2. The molecule has 0 unspecified atom stereocenters. The van der Waals surface area contributed by atoms with E-state index in [-0.39, 0.29) is 12.0 Å². The molecule has 0 aliphatic carbocycles. The van der Waals surface area contributed by atoms with Crippen molar-refractivity contribution in [2.45, 2.75) is 18.4 Å². The fourth-order valence-corrected chi connectivity index (χ4v) is 4.14. The SMILES string of the molecule is COCCN(C)CCN1CC2(CCN(C(=O)c3ccc4nc[nH]c4c3)CC2)OC1=O. The molecule has 162 valence electrons. The van der Waals surface area contributed by atoms with E-state index in [0.29, 0.717) is 51.2 Å². The van der Waals surface area contributed by atoms with Crippen LogP contribution >= 0.6 is 0 Å². The highest BCUT2D eigenvalue weighted by Gasteiger charge is 2.47. The minimum Gasteiger partial charge on any atom is -0.441 e. The number of hydrogen-bond donors (Lipinski definition) is 1. The number of methoxy groups -OCH3 is 1. The van der Waals surface area contributed by atoms with Crippen molar-refractivity contribution in [2.24, 2.45) is 0 Å². The van der Waals surface area contributed by atoms with E-state index in [1.807, 2.05) is 30.1 Å². The van der Waals surface area contributed by atoms with E-state index in [2.05, 4.69) is 14.9 Å². The third-order valence-corrected chi connectivity index (χ3v) is 6.10. The van der Waals surface area contributed by atoms with Gasteiger partial charge in [-0.3, -0.25) is 4.79 Å². The standard InChI is InChI=1S/C21H29N5O4/c1-24(11-12-29-2)9-10-26-14-21(30-20(26)28)5-7-25(8-6-21)19(27)16-3-4-17-18(13-16)23-15-22-17/h3-4,13,15H,5-12,14H2,1-2H3,(H,22,23). The Morgan fingerprint density at radius 1 is 1.33 bits per heavy atom. The maximum Gasteiger partial charge on any atom is 0.410 e. The number of rotatable bonds is 7. The number of nitrogens with one attached hydrogen (secondary N) is 1. The highest BCUT2D eigenvalue weighted by Crippen LogP contribution is 2.33. The predicted molar refractivity (Wildman–Crippen MR) is 111 cm³/mol. The summed E-state index contributed by atoms with van der Waals surface area (Å²) in [6.07, 6.45) is 2.69. The van der Waals surface area contributed by atoms with Crippen molar-refractivity contribution in [3.05, 3.63) is 30.1 Å². The Morgan fingerprint density at radius 2 is 2.13 bits per heavy atom. The van der Waals surface area contributed by atoms with Gasteiger partial charge in [-0.15, -0.1) is 0 Å². The van der Waals surface area contributed by atoms with Crippen LogP contribution in [-0.2, 0) is 9.47 Å². The minimum atomic E-state index is -0.480. The lowest BCUT2D eigenvalue weighted by molar-refractivity contribution is 0.00313. The van der Waals surface area contributed by atoms with Crippen molar-refractivity contribution in [1.29, 1.82) is 0 Å². The van der Waals surface area contributed by atoms with Crippen LogP contribution in [0.2, 0.25) is 0 Å². The molecule has 1 N–H and O–H groups in total. The van der Waals surface area contributed by atoms with Gasteiger partial charge in [-0.25, -0.2) is 9.78 Å². The molecule has 2 amide bonds. The molecule has 4 rings (SSSR count). The van der Waals surface area contributed by atoms with E-state index in [1.54, 1.807) is 18.3 Å². The zero-order valence-corrected chi connectivity index (χ0v) is 17.6. The molecule has 2 aliphatic rings. The lowest BCUT2D eigenvalue weighted by atomic mass is 9.91. The van der Waals surface area contributed by atoms with Gasteiger partial charge in [0.15, 0.2) is 0 Å². The normalized spacial score (nSPS) is 18.6. The topological polar surface area (TPSA) is 91.0 Å². The smallest absolute Gasteiger partial charge is 0.410 e. The first-order valence-electron chi connectivity index (χ1n) is 10.4. The molecular weight excluding hydrogens is 386 g/mol. The number of hydrogen-bond acceptors (Lipinski definition) is 6. The zero-order valence-electron chi connectivity index (χ0n) is 17.6. The fraction of sp³-hybridized carbons (Fsp3) is 0.571. The number of likely N-dealkylation sites (tertiary alicyclic amines) is 1. The lowest BCUT2D eigenvalue weighted by Gasteiger charge is -2.37. The molecule has 2 aliphatic heterocycles. The monoisotopic (exact) mass is 415 g/mol. The van der Waals surface area contributed by atoms with Gasteiger partial charge in [0.25, 0.3) is 5.91 Å². The molecule has 9 nitrogen and oxygen atoms in total. The van der Waals surface area contributed by atoms with Crippen LogP contribution in [0.25, 0.3) is 11.0 Å². The van der Waals surface area contributed by atoms with Crippen LogP contribution in [0.4, 0.5) is 4.79 Å². The number of nitrogens with zero attached hydrogens (tertiary/aromatic N) is 4. The average Bonchev–Trinajstić information content (AvgIpc) is 3.34. The van der Waals surface area contributed by atoms with E-state index in [0.717, 1.165) is 24.1 Å². The van der Waals surface area contributed by atoms with Gasteiger partial charge in [0.05, 0.1) is 30.5 Å². The maximum absolute atomic E-state index is 12.9. The number of imidazole rings is 1. The highest BCUT2D eigenvalue weighted by atomic mass is 16.6. The Labute approximate surface area is 175 Å². The predicted octanol–water partition coefficient (Wildman–Crippen LogP) is 1.57. The number of aromatic amines is 1. The van der Waals surface area contributed by atoms with Crippen molar-refractivity contribution in [3.8, 4) is 0 Å². The first-order valence-corrected chi connectivity index (χ1v) is 10.4. The summed E-state index contributed by atoms with van der Waals surface area (Å²) in [4.78, 5) is 38.3. The molecule has 0 atom stereocenters. The molecule has 9 heteroatoms. The van der Waals surface area contributed by atoms with Crippen LogP contribution in [0, 0.1) is 0 Å². The van der Waals surface area contributed by atoms with Crippen LogP contribution in [-0.4, -0.2) is 102 Å². The summed E-state index contributed by atoms with van der Waals surface area (Å²) in [5.41, 5.74) is 1.86. The molecule has 3 heterocycles. The van der Waals surface area contributed by atoms with Gasteiger partial charge in [-0.1, -0.05) is 0 Å². The Bertz CT molecular complexity index is 906. The number of likely N-dealkylation sites (N-methyl/N-ethyl adjacent to an activating group) is 1. The third kappa shape index (κ3) is 4.27. The second-order valence-electron chi connectivity index (χ2n) is 8.20. The number of benzene rings is 1. The van der Waals surface area contributed by atoms with Gasteiger partial charge in [0.1, 0.15) is 5.60 Å². The number of piperidine rings is 1. The lowest BCUT2D eigenvalue weighted by Crippen LogP contribution is -2.49. The number of amides is 2. The molecule has 0 radical (unpaired) electrons. The second kappa shape index (κ2) is 8.61. The number of H-pyrrole nitrogens is 1. The van der Waals surface area contributed by atoms with Crippen molar-refractivity contribution < 1.29 is 19.1 Å². The quantitative estimate of drug-likeness (QED) is 0.738. The summed E-state index contributed by atoms with van der Waals surface area (Å²) in [5, 5.41) is 0. The molecule has 2 fully saturated rings. The Morgan fingerprint density at radius 3 is 2.90 bits per heavy atom. The van der Waals surface area contributed by atoms with Gasteiger partial charge >= 0.3 is 6.09 Å². The molecular formula is C21H29N5O4. The Balaban J connectivity index is 1.31. The summed E-state index contributed by atoms with van der Waals surface area (Å²) in [6.45, 7) is 4.65. The van der Waals surface area contributed by atoms with Crippen LogP contribution in [0.1, 0.15) is 23.2 Å². The number of ether oxygens (including phenoxy) is 2. The number of fused-ring (bicyclic) bond motifs is 1. The molecule has 0 bridgehead atoms. The number of carbonyl (C=O) groups excluding carboxylic acids is 2. The van der Waals surface area contributed by atoms with E-state index in [1.165, 1.54) is 0 Å². The summed E-state index contributed by atoms with van der Waals surface area (Å²) < 4.78 is 10.9. The van der Waals surface area contributed by atoms with Crippen molar-refractivity contribution in [2.75, 3.05) is 60.0 Å². The summed E-state index contributed by atoms with van der Waals surface area (Å²) in [5.74, 6) is 0.00213. The molecule has 30 heavy (non-hydrogen) atoms. The molecule has 2 saturated heterocycles. The molecule has 2 aromatic rings. The zero-order chi connectivity index (χ0) is 21.1. The van der Waals surface area contributed by atoms with Crippen molar-refractivity contribution in [3.63, 3.8) is 0 Å². The molecule has 1 aromatic heterocycles. The average molecular weight is 415 g/mol. The molecule has 1 aromatic carbocycles. The highest BCUT2D eigenvalue weighted by molar-refractivity contribution is 5.97. The van der Waals surface area contributed by atoms with Crippen molar-refractivity contribution in [1.82, 2.24) is 24.7 Å². The van der Waals surface area contributed by atoms with E-state index < -0.39 is 5.60 Å². The third-order valence-electron chi connectivity index (χ3n) is 6.10. The first-order chi connectivity index (χ1) is 14.5. The second-order valence-corrected chi connectivity index (χ2v) is 8.20. The summed E-state index contributed by atoms with van der Waals surface area (Å²) in [7, 11) is 3.70.